The average Bonchev–Trinajstić information content (AvgIpc) is 3.46. The second kappa shape index (κ2) is 6.48. The van der Waals surface area contributed by atoms with Crippen molar-refractivity contribution in [2.45, 2.75) is 31.7 Å². The van der Waals surface area contributed by atoms with Gasteiger partial charge in [0, 0.05) is 11.7 Å². The van der Waals surface area contributed by atoms with Crippen molar-refractivity contribution in [1.82, 2.24) is 4.90 Å². The monoisotopic (exact) mass is 360 g/mol. The molecule has 0 bridgehead atoms. The highest BCUT2D eigenvalue weighted by atomic mass is 19.3. The fourth-order valence-corrected chi connectivity index (χ4v) is 3.29. The number of halogens is 2. The Labute approximate surface area is 149 Å². The van der Waals surface area contributed by atoms with Crippen molar-refractivity contribution in [2.24, 2.45) is 0 Å². The third-order valence-electron chi connectivity index (χ3n) is 4.62. The summed E-state index contributed by atoms with van der Waals surface area (Å²) in [7, 11) is 1.39. The molecule has 0 radical (unpaired) electrons. The van der Waals surface area contributed by atoms with Crippen molar-refractivity contribution < 1.29 is 23.0 Å². The normalized spacial score (nSPS) is 19.2. The van der Waals surface area contributed by atoms with Gasteiger partial charge in [-0.2, -0.15) is 8.78 Å². The highest BCUT2D eigenvalue weighted by Crippen LogP contribution is 2.42. The Morgan fingerprint density at radius 2 is 1.92 bits per heavy atom. The number of anilines is 1. The van der Waals surface area contributed by atoms with Crippen LogP contribution in [-0.4, -0.2) is 30.6 Å². The first-order valence-corrected chi connectivity index (χ1v) is 8.39. The fourth-order valence-electron chi connectivity index (χ4n) is 3.29. The summed E-state index contributed by atoms with van der Waals surface area (Å²) < 4.78 is 35.1. The minimum Gasteiger partial charge on any atom is -0.493 e. The van der Waals surface area contributed by atoms with Crippen molar-refractivity contribution in [3.8, 4) is 11.5 Å². The van der Waals surface area contributed by atoms with Gasteiger partial charge in [0.15, 0.2) is 11.5 Å². The lowest BCUT2D eigenvalue weighted by atomic mass is 10.0. The molecule has 2 aromatic carbocycles. The molecule has 1 aliphatic carbocycles. The molecule has 26 heavy (non-hydrogen) atoms. The summed E-state index contributed by atoms with van der Waals surface area (Å²) in [5.41, 5.74) is 2.01. The van der Waals surface area contributed by atoms with Crippen molar-refractivity contribution in [3.05, 3.63) is 53.6 Å². The Bertz CT molecular complexity index is 839. The van der Waals surface area contributed by atoms with Gasteiger partial charge in [0.05, 0.1) is 12.7 Å². The lowest BCUT2D eigenvalue weighted by Gasteiger charge is -2.38. The highest BCUT2D eigenvalue weighted by Gasteiger charge is 2.42. The lowest BCUT2D eigenvalue weighted by molar-refractivity contribution is -0.0513. The van der Waals surface area contributed by atoms with E-state index in [1.165, 1.54) is 13.2 Å². The molecule has 2 aromatic rings. The summed E-state index contributed by atoms with van der Waals surface area (Å²) in [5, 5.41) is 3.35. The fraction of sp³-hybridized carbons (Fsp3) is 0.316. The van der Waals surface area contributed by atoms with Crippen LogP contribution in [0.25, 0.3) is 0 Å². The van der Waals surface area contributed by atoms with E-state index < -0.39 is 12.8 Å². The van der Waals surface area contributed by atoms with Gasteiger partial charge in [0.2, 0.25) is 0 Å². The average molecular weight is 360 g/mol. The number of ether oxygens (including phenoxy) is 2. The van der Waals surface area contributed by atoms with Crippen LogP contribution in [0.2, 0.25) is 0 Å². The molecular formula is C19H18F2N2O3. The molecule has 1 aliphatic heterocycles. The second-order valence-corrected chi connectivity index (χ2v) is 6.32. The van der Waals surface area contributed by atoms with Gasteiger partial charge in [-0.3, -0.25) is 4.79 Å². The first kappa shape index (κ1) is 16.6. The molecule has 0 aromatic heterocycles. The van der Waals surface area contributed by atoms with Gasteiger partial charge < -0.3 is 19.7 Å². The first-order valence-electron chi connectivity index (χ1n) is 8.39. The smallest absolute Gasteiger partial charge is 0.387 e. The molecule has 1 amide bonds. The summed E-state index contributed by atoms with van der Waals surface area (Å²) >= 11 is 0. The van der Waals surface area contributed by atoms with Crippen molar-refractivity contribution in [3.63, 3.8) is 0 Å². The van der Waals surface area contributed by atoms with E-state index in [-0.39, 0.29) is 23.4 Å². The summed E-state index contributed by atoms with van der Waals surface area (Å²) in [4.78, 5) is 14.8. The zero-order valence-electron chi connectivity index (χ0n) is 14.1. The first-order chi connectivity index (χ1) is 12.6. The second-order valence-electron chi connectivity index (χ2n) is 6.32. The van der Waals surface area contributed by atoms with Crippen LogP contribution >= 0.6 is 0 Å². The summed E-state index contributed by atoms with van der Waals surface area (Å²) in [5.74, 6) is 0.109. The van der Waals surface area contributed by atoms with Crippen LogP contribution < -0.4 is 14.8 Å². The minimum absolute atomic E-state index is 0.0520. The molecule has 1 atom stereocenters. The molecule has 4 rings (SSSR count). The van der Waals surface area contributed by atoms with Gasteiger partial charge in [-0.25, -0.2) is 0 Å². The number of alkyl halides is 2. The number of rotatable bonds is 5. The summed E-state index contributed by atoms with van der Waals surface area (Å²) in [6.45, 7) is -2.96. The zero-order valence-corrected chi connectivity index (χ0v) is 14.1. The number of hydrogen-bond acceptors (Lipinski definition) is 4. The molecule has 1 unspecified atom stereocenters. The van der Waals surface area contributed by atoms with E-state index in [1.807, 2.05) is 18.2 Å². The molecule has 136 valence electrons. The predicted octanol–water partition coefficient (Wildman–Crippen LogP) is 4.03. The molecule has 2 aliphatic rings. The zero-order chi connectivity index (χ0) is 18.3. The van der Waals surface area contributed by atoms with Gasteiger partial charge in [0.1, 0.15) is 6.17 Å². The van der Waals surface area contributed by atoms with E-state index >= 15 is 0 Å². The molecule has 1 N–H and O–H groups in total. The Balaban J connectivity index is 1.75. The standard InChI is InChI=1S/C19H18F2N2O3/c1-25-15-9-6-11(10-16(15)26-19(20)21)17-22-14-5-3-2-4-13(14)18(24)23(17)12-7-8-12/h2-6,9-10,12,17,19,22H,7-8H2,1H3. The minimum atomic E-state index is -2.96. The number of para-hydroxylation sites is 1. The van der Waals surface area contributed by atoms with Crippen LogP contribution in [0.5, 0.6) is 11.5 Å². The van der Waals surface area contributed by atoms with Crippen LogP contribution in [0.4, 0.5) is 14.5 Å². The largest absolute Gasteiger partial charge is 0.493 e. The van der Waals surface area contributed by atoms with Gasteiger partial charge in [0.25, 0.3) is 5.91 Å². The molecule has 1 saturated carbocycles. The number of amides is 1. The van der Waals surface area contributed by atoms with E-state index in [0.29, 0.717) is 11.1 Å². The topological polar surface area (TPSA) is 50.8 Å². The van der Waals surface area contributed by atoms with E-state index in [0.717, 1.165) is 18.5 Å². The van der Waals surface area contributed by atoms with Gasteiger partial charge in [-0.1, -0.05) is 18.2 Å². The molecule has 7 heteroatoms. The molecule has 1 fully saturated rings. The quantitative estimate of drug-likeness (QED) is 0.875. The lowest BCUT2D eigenvalue weighted by Crippen LogP contribution is -2.44. The van der Waals surface area contributed by atoms with E-state index in [2.05, 4.69) is 10.1 Å². The van der Waals surface area contributed by atoms with Crippen LogP contribution in [0.3, 0.4) is 0 Å². The Hall–Kier alpha value is -2.83. The number of methoxy groups -OCH3 is 1. The molecule has 5 nitrogen and oxygen atoms in total. The third kappa shape index (κ3) is 2.94. The van der Waals surface area contributed by atoms with Crippen molar-refractivity contribution in [2.75, 3.05) is 12.4 Å². The van der Waals surface area contributed by atoms with Gasteiger partial charge >= 0.3 is 6.61 Å². The summed E-state index contributed by atoms with van der Waals surface area (Å²) in [6, 6.07) is 12.3. The van der Waals surface area contributed by atoms with Crippen LogP contribution in [0, 0.1) is 0 Å². The number of hydrogen-bond donors (Lipinski definition) is 1. The SMILES string of the molecule is COc1ccc(C2Nc3ccccc3C(=O)N2C2CC2)cc1OC(F)F. The maximum absolute atomic E-state index is 13.0. The number of carbonyl (C=O) groups excluding carboxylic acids is 1. The maximum atomic E-state index is 13.0. The van der Waals surface area contributed by atoms with E-state index in [4.69, 9.17) is 4.74 Å². The summed E-state index contributed by atoms with van der Waals surface area (Å²) in [6.07, 6.45) is 1.42. The number of nitrogens with zero attached hydrogens (tertiary/aromatic N) is 1. The Morgan fingerprint density at radius 3 is 2.62 bits per heavy atom. The van der Waals surface area contributed by atoms with Gasteiger partial charge in [-0.05, 0) is 42.7 Å². The van der Waals surface area contributed by atoms with Crippen LogP contribution in [0.15, 0.2) is 42.5 Å². The molecular weight excluding hydrogens is 342 g/mol. The van der Waals surface area contributed by atoms with Crippen LogP contribution in [0.1, 0.15) is 34.9 Å². The number of fused-ring (bicyclic) bond motifs is 1. The predicted molar refractivity (Wildman–Crippen MR) is 91.6 cm³/mol. The number of nitrogens with one attached hydrogen (secondary N) is 1. The maximum Gasteiger partial charge on any atom is 0.387 e. The number of benzene rings is 2. The van der Waals surface area contributed by atoms with Crippen molar-refractivity contribution >= 4 is 11.6 Å². The Morgan fingerprint density at radius 1 is 1.15 bits per heavy atom. The molecule has 1 heterocycles. The van der Waals surface area contributed by atoms with Crippen LogP contribution in [-0.2, 0) is 0 Å². The third-order valence-corrected chi connectivity index (χ3v) is 4.62. The van der Waals surface area contributed by atoms with E-state index in [9.17, 15) is 13.6 Å². The van der Waals surface area contributed by atoms with Crippen molar-refractivity contribution in [1.29, 1.82) is 0 Å². The highest BCUT2D eigenvalue weighted by molar-refractivity contribution is 6.02. The Kier molecular flexibility index (Phi) is 4.14. The molecule has 0 spiro atoms. The number of carbonyl (C=O) groups is 1. The molecule has 0 saturated heterocycles. The van der Waals surface area contributed by atoms with E-state index in [1.54, 1.807) is 23.1 Å². The van der Waals surface area contributed by atoms with Gasteiger partial charge in [-0.15, -0.1) is 0 Å².